The lowest BCUT2D eigenvalue weighted by Crippen LogP contribution is -2.53. The Hall–Kier alpha value is -1.71. The van der Waals surface area contributed by atoms with Crippen LogP contribution in [0.25, 0.3) is 0 Å². The first-order valence-corrected chi connectivity index (χ1v) is 4.53. The van der Waals surface area contributed by atoms with Crippen molar-refractivity contribution < 1.29 is 34.5 Å². The molecule has 3 atom stereocenters. The van der Waals surface area contributed by atoms with Gasteiger partial charge in [0, 0.05) is 6.92 Å². The van der Waals surface area contributed by atoms with Gasteiger partial charge in [0.1, 0.15) is 12.0 Å². The first-order valence-electron chi connectivity index (χ1n) is 4.53. The molecule has 0 aromatic carbocycles. The SMILES string of the molecule is CC(=O)NC(C(=O)O)C(O)C(CON)C(=O)O. The maximum absolute atomic E-state index is 10.8. The number of carboxylic acid groups (broad SMARTS) is 2. The Morgan fingerprint density at radius 3 is 2.12 bits per heavy atom. The van der Waals surface area contributed by atoms with Crippen LogP contribution in [0.2, 0.25) is 0 Å². The first kappa shape index (κ1) is 15.3. The zero-order chi connectivity index (χ0) is 13.6. The van der Waals surface area contributed by atoms with Crippen molar-refractivity contribution in [3.8, 4) is 0 Å². The third kappa shape index (κ3) is 4.76. The number of carboxylic acids is 2. The number of aliphatic hydroxyl groups is 1. The van der Waals surface area contributed by atoms with Crippen LogP contribution in [-0.2, 0) is 19.2 Å². The molecule has 0 rings (SSSR count). The lowest BCUT2D eigenvalue weighted by molar-refractivity contribution is -0.155. The molecule has 0 aromatic heterocycles. The molecule has 0 saturated heterocycles. The third-order valence-electron chi connectivity index (χ3n) is 1.97. The molecular weight excluding hydrogens is 236 g/mol. The highest BCUT2D eigenvalue weighted by Crippen LogP contribution is 2.09. The van der Waals surface area contributed by atoms with Crippen LogP contribution < -0.4 is 11.2 Å². The van der Waals surface area contributed by atoms with Gasteiger partial charge in [-0.25, -0.2) is 10.7 Å². The zero-order valence-corrected chi connectivity index (χ0v) is 8.99. The molecule has 98 valence electrons. The van der Waals surface area contributed by atoms with E-state index in [2.05, 4.69) is 10.7 Å². The highest BCUT2D eigenvalue weighted by Gasteiger charge is 2.37. The van der Waals surface area contributed by atoms with Gasteiger partial charge in [-0.1, -0.05) is 0 Å². The van der Waals surface area contributed by atoms with Crippen LogP contribution in [0.5, 0.6) is 0 Å². The van der Waals surface area contributed by atoms with Crippen LogP contribution in [0.15, 0.2) is 0 Å². The summed E-state index contributed by atoms with van der Waals surface area (Å²) >= 11 is 0. The van der Waals surface area contributed by atoms with E-state index in [1.807, 2.05) is 5.32 Å². The fourth-order valence-electron chi connectivity index (χ4n) is 1.16. The molecule has 9 heteroatoms. The second-order valence-electron chi connectivity index (χ2n) is 3.29. The van der Waals surface area contributed by atoms with E-state index in [1.54, 1.807) is 0 Å². The lowest BCUT2D eigenvalue weighted by atomic mass is 9.96. The van der Waals surface area contributed by atoms with Crippen molar-refractivity contribution in [2.75, 3.05) is 6.61 Å². The normalized spacial score (nSPS) is 15.7. The summed E-state index contributed by atoms with van der Waals surface area (Å²) in [6, 6.07) is -1.75. The van der Waals surface area contributed by atoms with Crippen molar-refractivity contribution in [2.45, 2.75) is 19.1 Å². The van der Waals surface area contributed by atoms with Gasteiger partial charge < -0.3 is 25.5 Å². The standard InChI is InChI=1S/C8H14N2O7/c1-3(11)10-5(8(15)16)6(12)4(2-17-9)7(13)14/h4-6,12H,2,9H2,1H3,(H,10,11)(H,13,14)(H,15,16). The molecule has 0 fully saturated rings. The van der Waals surface area contributed by atoms with E-state index >= 15 is 0 Å². The van der Waals surface area contributed by atoms with Crippen molar-refractivity contribution in [3.63, 3.8) is 0 Å². The largest absolute Gasteiger partial charge is 0.481 e. The van der Waals surface area contributed by atoms with Gasteiger partial charge in [-0.15, -0.1) is 0 Å². The number of rotatable bonds is 7. The molecule has 9 nitrogen and oxygen atoms in total. The Morgan fingerprint density at radius 2 is 1.82 bits per heavy atom. The molecule has 0 radical (unpaired) electrons. The Bertz CT molecular complexity index is 306. The van der Waals surface area contributed by atoms with Gasteiger partial charge in [0.25, 0.3) is 0 Å². The molecule has 3 unspecified atom stereocenters. The minimum absolute atomic E-state index is 0.583. The Labute approximate surface area is 96.1 Å². The molecule has 1 amide bonds. The number of nitrogens with two attached hydrogens (primary N) is 1. The van der Waals surface area contributed by atoms with Crippen molar-refractivity contribution >= 4 is 17.8 Å². The maximum atomic E-state index is 10.8. The Balaban J connectivity index is 4.89. The van der Waals surface area contributed by atoms with Crippen molar-refractivity contribution in [1.82, 2.24) is 5.32 Å². The van der Waals surface area contributed by atoms with Gasteiger partial charge in [0.15, 0.2) is 6.04 Å². The van der Waals surface area contributed by atoms with E-state index in [1.165, 1.54) is 0 Å². The van der Waals surface area contributed by atoms with E-state index in [4.69, 9.17) is 10.2 Å². The average molecular weight is 250 g/mol. The summed E-state index contributed by atoms with van der Waals surface area (Å²) in [5, 5.41) is 29.0. The third-order valence-corrected chi connectivity index (χ3v) is 1.97. The number of carbonyl (C=O) groups is 3. The smallest absolute Gasteiger partial charge is 0.328 e. The minimum Gasteiger partial charge on any atom is -0.481 e. The van der Waals surface area contributed by atoms with E-state index < -0.39 is 42.5 Å². The highest BCUT2D eigenvalue weighted by atomic mass is 16.6. The van der Waals surface area contributed by atoms with Gasteiger partial charge in [0.2, 0.25) is 5.91 Å². The van der Waals surface area contributed by atoms with Crippen LogP contribution in [-0.4, -0.2) is 51.9 Å². The number of aliphatic carboxylic acids is 2. The van der Waals surface area contributed by atoms with Gasteiger partial charge in [-0.2, -0.15) is 0 Å². The summed E-state index contributed by atoms with van der Waals surface area (Å²) in [5.41, 5.74) is 0. The van der Waals surface area contributed by atoms with E-state index in [9.17, 15) is 19.5 Å². The lowest BCUT2D eigenvalue weighted by Gasteiger charge is -2.24. The Morgan fingerprint density at radius 1 is 1.29 bits per heavy atom. The number of hydrogen-bond donors (Lipinski definition) is 5. The quantitative estimate of drug-likeness (QED) is 0.311. The summed E-state index contributed by atoms with van der Waals surface area (Å²) in [5.74, 6) is -0.648. The first-order chi connectivity index (χ1) is 7.81. The molecule has 0 aliphatic heterocycles. The number of nitrogens with one attached hydrogen (secondary N) is 1. The molecule has 0 saturated carbocycles. The number of hydrogen-bond acceptors (Lipinski definition) is 6. The second kappa shape index (κ2) is 6.78. The molecule has 0 aliphatic carbocycles. The summed E-state index contributed by atoms with van der Waals surface area (Å²) in [6.07, 6.45) is -1.86. The molecule has 6 N–H and O–H groups in total. The van der Waals surface area contributed by atoms with Crippen molar-refractivity contribution in [3.05, 3.63) is 0 Å². The number of amides is 1. The van der Waals surface area contributed by atoms with Gasteiger partial charge in [-0.05, 0) is 0 Å². The van der Waals surface area contributed by atoms with Crippen LogP contribution >= 0.6 is 0 Å². The van der Waals surface area contributed by atoms with E-state index in [0.29, 0.717) is 0 Å². The number of aliphatic hydroxyl groups excluding tert-OH is 1. The molecule has 0 aromatic rings. The topological polar surface area (TPSA) is 159 Å². The fraction of sp³-hybridized carbons (Fsp3) is 0.625. The summed E-state index contributed by atoms with van der Waals surface area (Å²) in [7, 11) is 0. The summed E-state index contributed by atoms with van der Waals surface area (Å²) < 4.78 is 0. The van der Waals surface area contributed by atoms with Gasteiger partial charge in [0.05, 0.1) is 6.61 Å². The van der Waals surface area contributed by atoms with Gasteiger partial charge >= 0.3 is 11.9 Å². The molecule has 0 heterocycles. The van der Waals surface area contributed by atoms with Crippen molar-refractivity contribution in [1.29, 1.82) is 0 Å². The number of carbonyl (C=O) groups excluding carboxylic acids is 1. The van der Waals surface area contributed by atoms with Crippen LogP contribution in [0, 0.1) is 5.92 Å². The molecule has 0 aliphatic rings. The van der Waals surface area contributed by atoms with Crippen LogP contribution in [0.4, 0.5) is 0 Å². The van der Waals surface area contributed by atoms with Crippen molar-refractivity contribution in [2.24, 2.45) is 11.8 Å². The molecule has 17 heavy (non-hydrogen) atoms. The monoisotopic (exact) mass is 250 g/mol. The van der Waals surface area contributed by atoms with E-state index in [-0.39, 0.29) is 0 Å². The molecule has 0 spiro atoms. The zero-order valence-electron chi connectivity index (χ0n) is 8.99. The highest BCUT2D eigenvalue weighted by molar-refractivity contribution is 5.83. The Kier molecular flexibility index (Phi) is 6.10. The van der Waals surface area contributed by atoms with Crippen LogP contribution in [0.3, 0.4) is 0 Å². The fourth-order valence-corrected chi connectivity index (χ4v) is 1.16. The van der Waals surface area contributed by atoms with Gasteiger partial charge in [-0.3, -0.25) is 9.59 Å². The minimum atomic E-state index is -1.86. The predicted octanol–water partition coefficient (Wildman–Crippen LogP) is -2.47. The molecular formula is C8H14N2O7. The van der Waals surface area contributed by atoms with Crippen LogP contribution in [0.1, 0.15) is 6.92 Å². The van der Waals surface area contributed by atoms with E-state index in [0.717, 1.165) is 6.92 Å². The summed E-state index contributed by atoms with van der Waals surface area (Å²) in [6.45, 7) is 0.456. The average Bonchev–Trinajstić information content (AvgIpc) is 2.20. The predicted molar refractivity (Wildman–Crippen MR) is 52.5 cm³/mol. The summed E-state index contributed by atoms with van der Waals surface area (Å²) in [4.78, 5) is 36.3. The molecule has 0 bridgehead atoms. The maximum Gasteiger partial charge on any atom is 0.328 e. The second-order valence-corrected chi connectivity index (χ2v) is 3.29.